The third-order valence-electron chi connectivity index (χ3n) is 5.06. The number of carbonyl (C=O) groups is 1. The molecule has 1 amide bonds. The topological polar surface area (TPSA) is 72.3 Å². The number of nitrogens with one attached hydrogen (secondary N) is 1. The Labute approximate surface area is 181 Å². The van der Waals surface area contributed by atoms with E-state index in [0.717, 1.165) is 36.9 Å². The molecular formula is C20H28ClN5O2S. The summed E-state index contributed by atoms with van der Waals surface area (Å²) in [6.45, 7) is 6.30. The molecule has 9 heteroatoms. The summed E-state index contributed by atoms with van der Waals surface area (Å²) in [7, 11) is 1.57. The van der Waals surface area contributed by atoms with Crippen LogP contribution in [0.3, 0.4) is 0 Å². The maximum absolute atomic E-state index is 12.6. The number of methoxy groups -OCH3 is 1. The number of benzene rings is 1. The Balaban J connectivity index is 1.67. The maximum Gasteiger partial charge on any atom is 0.238 e. The molecule has 1 unspecified atom stereocenters. The van der Waals surface area contributed by atoms with Crippen LogP contribution in [-0.2, 0) is 4.79 Å². The van der Waals surface area contributed by atoms with Crippen LogP contribution in [-0.4, -0.2) is 58.6 Å². The predicted molar refractivity (Wildman–Crippen MR) is 117 cm³/mol. The number of rotatable bonds is 7. The lowest BCUT2D eigenvalue weighted by atomic mass is 9.97. The van der Waals surface area contributed by atoms with Crippen molar-refractivity contribution in [2.24, 2.45) is 0 Å². The number of likely N-dealkylation sites (tertiary alicyclic amines) is 1. The zero-order valence-corrected chi connectivity index (χ0v) is 18.9. The van der Waals surface area contributed by atoms with Gasteiger partial charge in [0.2, 0.25) is 5.91 Å². The fourth-order valence-corrected chi connectivity index (χ4v) is 4.57. The average Bonchev–Trinajstić information content (AvgIpc) is 3.13. The number of anilines is 1. The third kappa shape index (κ3) is 5.24. The molecule has 1 aromatic carbocycles. The van der Waals surface area contributed by atoms with E-state index in [1.165, 1.54) is 0 Å². The first-order valence-electron chi connectivity index (χ1n) is 9.77. The number of ether oxygens (including phenoxy) is 1. The Bertz CT molecular complexity index is 857. The Morgan fingerprint density at radius 1 is 1.41 bits per heavy atom. The van der Waals surface area contributed by atoms with Crippen LogP contribution in [0.1, 0.15) is 44.5 Å². The zero-order chi connectivity index (χ0) is 21.0. The summed E-state index contributed by atoms with van der Waals surface area (Å²) < 4.78 is 7.53. The van der Waals surface area contributed by atoms with Crippen molar-refractivity contribution in [3.63, 3.8) is 0 Å². The van der Waals surface area contributed by atoms with E-state index < -0.39 is 0 Å². The highest BCUT2D eigenvalue weighted by molar-refractivity contribution is 7.98. The molecule has 7 nitrogen and oxygen atoms in total. The number of hydrogen-bond donors (Lipinski definition) is 1. The Morgan fingerprint density at radius 3 is 2.90 bits per heavy atom. The summed E-state index contributed by atoms with van der Waals surface area (Å²) in [4.78, 5) is 14.8. The van der Waals surface area contributed by atoms with Gasteiger partial charge in [-0.2, -0.15) is 0 Å². The highest BCUT2D eigenvalue weighted by Gasteiger charge is 2.28. The predicted octanol–water partition coefficient (Wildman–Crippen LogP) is 4.06. The number of thioether (sulfide) groups is 1. The van der Waals surface area contributed by atoms with Gasteiger partial charge in [0.15, 0.2) is 5.16 Å². The van der Waals surface area contributed by atoms with Gasteiger partial charge in [0, 0.05) is 23.5 Å². The van der Waals surface area contributed by atoms with E-state index in [1.54, 1.807) is 37.1 Å². The third-order valence-corrected chi connectivity index (χ3v) is 5.94. The minimum absolute atomic E-state index is 0.0821. The normalized spacial score (nSPS) is 17.5. The van der Waals surface area contributed by atoms with Crippen LogP contribution < -0.4 is 10.1 Å². The molecule has 0 radical (unpaired) electrons. The molecule has 29 heavy (non-hydrogen) atoms. The van der Waals surface area contributed by atoms with Crippen LogP contribution in [0.2, 0.25) is 5.02 Å². The van der Waals surface area contributed by atoms with Gasteiger partial charge in [-0.15, -0.1) is 10.2 Å². The lowest BCUT2D eigenvalue weighted by molar-refractivity contribution is -0.117. The second-order valence-electron chi connectivity index (χ2n) is 7.48. The maximum atomic E-state index is 12.6. The van der Waals surface area contributed by atoms with Gasteiger partial charge in [-0.3, -0.25) is 9.69 Å². The SMILES string of the molecule is COc1ccc(Cl)cc1NC(=O)CN1CCCC(c2nnc(SC)n2C(C)C)C1. The highest BCUT2D eigenvalue weighted by Crippen LogP contribution is 2.31. The number of aromatic nitrogens is 3. The lowest BCUT2D eigenvalue weighted by Gasteiger charge is -2.32. The van der Waals surface area contributed by atoms with Crippen LogP contribution in [0.25, 0.3) is 0 Å². The minimum atomic E-state index is -0.0821. The van der Waals surface area contributed by atoms with Gasteiger partial charge in [-0.1, -0.05) is 23.4 Å². The van der Waals surface area contributed by atoms with Crippen molar-refractivity contribution in [2.75, 3.05) is 38.3 Å². The summed E-state index contributed by atoms with van der Waals surface area (Å²) in [5.41, 5.74) is 0.586. The summed E-state index contributed by atoms with van der Waals surface area (Å²) in [6.07, 6.45) is 4.10. The summed E-state index contributed by atoms with van der Waals surface area (Å²) in [6, 6.07) is 5.49. The van der Waals surface area contributed by atoms with Crippen molar-refractivity contribution in [3.8, 4) is 5.75 Å². The molecule has 3 rings (SSSR count). The van der Waals surface area contributed by atoms with Gasteiger partial charge in [0.25, 0.3) is 0 Å². The molecule has 1 saturated heterocycles. The van der Waals surface area contributed by atoms with Crippen LogP contribution >= 0.6 is 23.4 Å². The number of amides is 1. The van der Waals surface area contributed by atoms with E-state index in [4.69, 9.17) is 16.3 Å². The number of carbonyl (C=O) groups excluding carboxylic acids is 1. The van der Waals surface area contributed by atoms with E-state index in [0.29, 0.717) is 29.0 Å². The van der Waals surface area contributed by atoms with E-state index in [1.807, 2.05) is 6.26 Å². The zero-order valence-electron chi connectivity index (χ0n) is 17.3. The molecular weight excluding hydrogens is 410 g/mol. The molecule has 0 spiro atoms. The van der Waals surface area contributed by atoms with Crippen LogP contribution in [0.4, 0.5) is 5.69 Å². The van der Waals surface area contributed by atoms with Gasteiger partial charge in [0.1, 0.15) is 11.6 Å². The van der Waals surface area contributed by atoms with Crippen LogP contribution in [0.15, 0.2) is 23.4 Å². The monoisotopic (exact) mass is 437 g/mol. The van der Waals surface area contributed by atoms with Crippen LogP contribution in [0, 0.1) is 0 Å². The molecule has 2 aromatic rings. The molecule has 0 bridgehead atoms. The van der Waals surface area contributed by atoms with Gasteiger partial charge < -0.3 is 14.6 Å². The fraction of sp³-hybridized carbons (Fsp3) is 0.550. The van der Waals surface area contributed by atoms with Crippen molar-refractivity contribution in [2.45, 2.75) is 43.8 Å². The van der Waals surface area contributed by atoms with E-state index in [-0.39, 0.29) is 11.8 Å². The molecule has 1 atom stereocenters. The molecule has 1 N–H and O–H groups in total. The van der Waals surface area contributed by atoms with Gasteiger partial charge in [-0.05, 0) is 57.7 Å². The fourth-order valence-electron chi connectivity index (χ4n) is 3.77. The second kappa shape index (κ2) is 9.82. The van der Waals surface area contributed by atoms with Crippen molar-refractivity contribution in [1.29, 1.82) is 0 Å². The summed E-state index contributed by atoms with van der Waals surface area (Å²) >= 11 is 7.67. The van der Waals surface area contributed by atoms with Gasteiger partial charge in [0.05, 0.1) is 19.3 Å². The van der Waals surface area contributed by atoms with Crippen molar-refractivity contribution in [1.82, 2.24) is 19.7 Å². The highest BCUT2D eigenvalue weighted by atomic mass is 35.5. The molecule has 2 heterocycles. The molecule has 1 aliphatic rings. The van der Waals surface area contributed by atoms with Crippen molar-refractivity contribution >= 4 is 35.0 Å². The summed E-state index contributed by atoms with van der Waals surface area (Å²) in [5.74, 6) is 1.80. The first-order chi connectivity index (χ1) is 13.9. The van der Waals surface area contributed by atoms with Crippen molar-refractivity contribution < 1.29 is 9.53 Å². The summed E-state index contributed by atoms with van der Waals surface area (Å²) in [5, 5.41) is 13.2. The lowest BCUT2D eigenvalue weighted by Crippen LogP contribution is -2.40. The minimum Gasteiger partial charge on any atom is -0.495 e. The standard InChI is InChI=1S/C20H28ClN5O2S/c1-13(2)26-19(23-24-20(26)29-4)14-6-5-9-25(11-14)12-18(27)22-16-10-15(21)7-8-17(16)28-3/h7-8,10,13-14H,5-6,9,11-12H2,1-4H3,(H,22,27). The van der Waals surface area contributed by atoms with Gasteiger partial charge in [-0.25, -0.2) is 0 Å². The first-order valence-corrected chi connectivity index (χ1v) is 11.4. The molecule has 1 fully saturated rings. The molecule has 0 aliphatic carbocycles. The molecule has 0 saturated carbocycles. The van der Waals surface area contributed by atoms with Crippen LogP contribution in [0.5, 0.6) is 5.75 Å². The smallest absolute Gasteiger partial charge is 0.238 e. The van der Waals surface area contributed by atoms with Gasteiger partial charge >= 0.3 is 0 Å². The quantitative estimate of drug-likeness (QED) is 0.658. The Hall–Kier alpha value is -1.77. The van der Waals surface area contributed by atoms with Crippen molar-refractivity contribution in [3.05, 3.63) is 29.0 Å². The van der Waals surface area contributed by atoms with E-state index in [2.05, 4.69) is 38.8 Å². The molecule has 158 valence electrons. The largest absolute Gasteiger partial charge is 0.495 e. The molecule has 1 aliphatic heterocycles. The number of halogens is 1. The van der Waals surface area contributed by atoms with E-state index >= 15 is 0 Å². The number of hydrogen-bond acceptors (Lipinski definition) is 6. The Kier molecular flexibility index (Phi) is 7.43. The number of nitrogens with zero attached hydrogens (tertiary/aromatic N) is 4. The average molecular weight is 438 g/mol. The number of piperidine rings is 1. The Morgan fingerprint density at radius 2 is 2.21 bits per heavy atom. The van der Waals surface area contributed by atoms with E-state index in [9.17, 15) is 4.79 Å². The second-order valence-corrected chi connectivity index (χ2v) is 8.69. The first kappa shape index (κ1) is 21.9. The molecule has 1 aromatic heterocycles.